The lowest BCUT2D eigenvalue weighted by molar-refractivity contribution is -0.121. The van der Waals surface area contributed by atoms with Crippen molar-refractivity contribution in [2.24, 2.45) is 5.92 Å². The van der Waals surface area contributed by atoms with Gasteiger partial charge in [-0.1, -0.05) is 5.92 Å². The average molecular weight is 281 g/mol. The highest BCUT2D eigenvalue weighted by molar-refractivity contribution is 5.95. The van der Waals surface area contributed by atoms with Crippen LogP contribution in [0.15, 0.2) is 30.5 Å². The van der Waals surface area contributed by atoms with E-state index in [1.807, 2.05) is 30.5 Å². The molecule has 1 aliphatic heterocycles. The molecule has 1 aromatic carbocycles. The van der Waals surface area contributed by atoms with Crippen molar-refractivity contribution >= 4 is 22.5 Å². The predicted molar refractivity (Wildman–Crippen MR) is 84.9 cm³/mol. The third kappa shape index (κ3) is 3.09. The van der Waals surface area contributed by atoms with E-state index < -0.39 is 0 Å². The number of carbonyl (C=O) groups excluding carboxylic acids is 1. The van der Waals surface area contributed by atoms with E-state index in [1.54, 1.807) is 0 Å². The Hall–Kier alpha value is -2.25. The number of nitrogens with one attached hydrogen (secondary N) is 2. The second-order valence-corrected chi connectivity index (χ2v) is 5.52. The van der Waals surface area contributed by atoms with Gasteiger partial charge in [-0.3, -0.25) is 9.69 Å². The minimum atomic E-state index is 0.0842. The molecule has 0 bridgehead atoms. The van der Waals surface area contributed by atoms with E-state index in [4.69, 9.17) is 6.42 Å². The van der Waals surface area contributed by atoms with Gasteiger partial charge in [0.2, 0.25) is 5.91 Å². The fraction of sp³-hybridized carbons (Fsp3) is 0.353. The number of carbonyl (C=O) groups is 1. The zero-order valence-electron chi connectivity index (χ0n) is 11.9. The fourth-order valence-electron chi connectivity index (χ4n) is 2.86. The molecule has 2 aromatic rings. The van der Waals surface area contributed by atoms with Crippen LogP contribution in [0.3, 0.4) is 0 Å². The second kappa shape index (κ2) is 6.02. The van der Waals surface area contributed by atoms with Gasteiger partial charge in [0, 0.05) is 28.7 Å². The van der Waals surface area contributed by atoms with Gasteiger partial charge in [-0.05, 0) is 50.2 Å². The van der Waals surface area contributed by atoms with Gasteiger partial charge in [0.15, 0.2) is 0 Å². The molecule has 108 valence electrons. The predicted octanol–water partition coefficient (Wildman–Crippen LogP) is 2.45. The van der Waals surface area contributed by atoms with Crippen molar-refractivity contribution in [1.29, 1.82) is 0 Å². The molecule has 2 heterocycles. The first kappa shape index (κ1) is 13.7. The molecule has 0 unspecified atom stereocenters. The van der Waals surface area contributed by atoms with Crippen LogP contribution >= 0.6 is 0 Å². The summed E-state index contributed by atoms with van der Waals surface area (Å²) in [5.74, 6) is 2.86. The zero-order chi connectivity index (χ0) is 14.7. The summed E-state index contributed by atoms with van der Waals surface area (Å²) in [4.78, 5) is 17.7. The molecule has 1 amide bonds. The summed E-state index contributed by atoms with van der Waals surface area (Å²) in [5, 5.41) is 4.14. The number of fused-ring (bicyclic) bond motifs is 1. The molecule has 0 aliphatic carbocycles. The van der Waals surface area contributed by atoms with Gasteiger partial charge in [0.05, 0.1) is 6.54 Å². The van der Waals surface area contributed by atoms with E-state index in [1.165, 1.54) is 0 Å². The molecule has 3 rings (SSSR count). The molecule has 1 fully saturated rings. The number of amides is 1. The van der Waals surface area contributed by atoms with Gasteiger partial charge >= 0.3 is 0 Å². The lowest BCUT2D eigenvalue weighted by atomic mass is 9.96. The molecule has 0 atom stereocenters. The summed E-state index contributed by atoms with van der Waals surface area (Å²) < 4.78 is 0. The highest BCUT2D eigenvalue weighted by Gasteiger charge is 2.24. The van der Waals surface area contributed by atoms with Gasteiger partial charge < -0.3 is 10.3 Å². The number of hydrogen-bond acceptors (Lipinski definition) is 2. The summed E-state index contributed by atoms with van der Waals surface area (Å²) in [6, 6.07) is 7.92. The van der Waals surface area contributed by atoms with Gasteiger partial charge in [0.25, 0.3) is 0 Å². The molecule has 0 spiro atoms. The highest BCUT2D eigenvalue weighted by atomic mass is 16.1. The smallest absolute Gasteiger partial charge is 0.227 e. The van der Waals surface area contributed by atoms with Gasteiger partial charge in [-0.2, -0.15) is 0 Å². The van der Waals surface area contributed by atoms with Gasteiger partial charge in [-0.15, -0.1) is 6.42 Å². The lowest BCUT2D eigenvalue weighted by Gasteiger charge is -2.29. The summed E-state index contributed by atoms with van der Waals surface area (Å²) in [6.45, 7) is 2.48. The minimum absolute atomic E-state index is 0.0842. The van der Waals surface area contributed by atoms with E-state index in [-0.39, 0.29) is 11.8 Å². The summed E-state index contributed by atoms with van der Waals surface area (Å²) >= 11 is 0. The fourth-order valence-corrected chi connectivity index (χ4v) is 2.86. The van der Waals surface area contributed by atoms with Crippen molar-refractivity contribution in [2.75, 3.05) is 25.0 Å². The molecule has 4 nitrogen and oxygen atoms in total. The van der Waals surface area contributed by atoms with Crippen LogP contribution in [0, 0.1) is 18.3 Å². The van der Waals surface area contributed by atoms with E-state index >= 15 is 0 Å². The van der Waals surface area contributed by atoms with Crippen molar-refractivity contribution in [3.05, 3.63) is 30.5 Å². The number of terminal acetylenes is 1. The van der Waals surface area contributed by atoms with Crippen LogP contribution in [0.2, 0.25) is 0 Å². The average Bonchev–Trinajstić information content (AvgIpc) is 2.96. The number of hydrogen-bond donors (Lipinski definition) is 2. The summed E-state index contributed by atoms with van der Waals surface area (Å²) in [5.41, 5.74) is 1.94. The van der Waals surface area contributed by atoms with Crippen LogP contribution in [0.4, 0.5) is 5.69 Å². The summed E-state index contributed by atoms with van der Waals surface area (Å²) in [7, 11) is 0. The van der Waals surface area contributed by atoms with Crippen molar-refractivity contribution in [2.45, 2.75) is 12.8 Å². The number of anilines is 1. The van der Waals surface area contributed by atoms with Crippen LogP contribution in [0.25, 0.3) is 10.9 Å². The first-order valence-corrected chi connectivity index (χ1v) is 7.30. The molecule has 0 radical (unpaired) electrons. The van der Waals surface area contributed by atoms with E-state index in [9.17, 15) is 4.79 Å². The van der Waals surface area contributed by atoms with Gasteiger partial charge in [0.1, 0.15) is 0 Å². The zero-order valence-corrected chi connectivity index (χ0v) is 11.9. The molecular weight excluding hydrogens is 262 g/mol. The molecule has 21 heavy (non-hydrogen) atoms. The Balaban J connectivity index is 1.60. The number of benzene rings is 1. The SMILES string of the molecule is C#CCN1CCC(C(=O)Nc2ccc3[nH]ccc3c2)CC1. The topological polar surface area (TPSA) is 48.1 Å². The van der Waals surface area contributed by atoms with E-state index in [2.05, 4.69) is 21.1 Å². The monoisotopic (exact) mass is 281 g/mol. The third-order valence-electron chi connectivity index (χ3n) is 4.09. The van der Waals surface area contributed by atoms with Crippen LogP contribution in [-0.4, -0.2) is 35.4 Å². The number of H-pyrrole nitrogens is 1. The molecule has 1 saturated heterocycles. The number of piperidine rings is 1. The second-order valence-electron chi connectivity index (χ2n) is 5.52. The van der Waals surface area contributed by atoms with Crippen molar-refractivity contribution in [3.8, 4) is 12.3 Å². The van der Waals surface area contributed by atoms with E-state index in [0.717, 1.165) is 42.5 Å². The maximum absolute atomic E-state index is 12.3. The van der Waals surface area contributed by atoms with Crippen LogP contribution in [0.1, 0.15) is 12.8 Å². The molecular formula is C17H19N3O. The number of nitrogens with zero attached hydrogens (tertiary/aromatic N) is 1. The molecule has 1 aromatic heterocycles. The first-order chi connectivity index (χ1) is 10.3. The van der Waals surface area contributed by atoms with Crippen LogP contribution < -0.4 is 5.32 Å². The Bertz CT molecular complexity index is 675. The first-order valence-electron chi connectivity index (χ1n) is 7.30. The maximum atomic E-state index is 12.3. The number of aromatic nitrogens is 1. The Morgan fingerprint density at radius 2 is 2.19 bits per heavy atom. The molecule has 0 saturated carbocycles. The maximum Gasteiger partial charge on any atom is 0.227 e. The summed E-state index contributed by atoms with van der Waals surface area (Å²) in [6.07, 6.45) is 8.97. The number of aromatic amines is 1. The Morgan fingerprint density at radius 3 is 2.95 bits per heavy atom. The van der Waals surface area contributed by atoms with Crippen LogP contribution in [-0.2, 0) is 4.79 Å². The third-order valence-corrected chi connectivity index (χ3v) is 4.09. The Labute approximate surface area is 124 Å². The van der Waals surface area contributed by atoms with Crippen molar-refractivity contribution < 1.29 is 4.79 Å². The molecule has 2 N–H and O–H groups in total. The Kier molecular flexibility index (Phi) is 3.94. The van der Waals surface area contributed by atoms with Crippen LogP contribution in [0.5, 0.6) is 0 Å². The molecule has 1 aliphatic rings. The number of rotatable bonds is 3. The van der Waals surface area contributed by atoms with E-state index in [0.29, 0.717) is 6.54 Å². The highest BCUT2D eigenvalue weighted by Crippen LogP contribution is 2.21. The minimum Gasteiger partial charge on any atom is -0.361 e. The van der Waals surface area contributed by atoms with Crippen molar-refractivity contribution in [3.63, 3.8) is 0 Å². The number of likely N-dealkylation sites (tertiary alicyclic amines) is 1. The largest absolute Gasteiger partial charge is 0.361 e. The quantitative estimate of drug-likeness (QED) is 0.849. The molecule has 4 heteroatoms. The van der Waals surface area contributed by atoms with Gasteiger partial charge in [-0.25, -0.2) is 0 Å². The van der Waals surface area contributed by atoms with Crippen molar-refractivity contribution in [1.82, 2.24) is 9.88 Å². The Morgan fingerprint density at radius 1 is 1.38 bits per heavy atom. The lowest BCUT2D eigenvalue weighted by Crippen LogP contribution is -2.38. The normalized spacial score (nSPS) is 16.7. The standard InChI is InChI=1S/C17H19N3O/c1-2-9-20-10-6-13(7-11-20)17(21)19-15-3-4-16-14(12-15)5-8-18-16/h1,3-5,8,12-13,18H,6-7,9-11H2,(H,19,21).